The number of carbonyl (C=O) groups excluding carboxylic acids is 1. The molecule has 1 atom stereocenters. The van der Waals surface area contributed by atoms with E-state index in [0.29, 0.717) is 24.6 Å². The molecule has 0 fully saturated rings. The number of para-hydroxylation sites is 1. The third-order valence-electron chi connectivity index (χ3n) is 9.72. The van der Waals surface area contributed by atoms with Crippen molar-refractivity contribution in [2.75, 3.05) is 6.61 Å². The first-order chi connectivity index (χ1) is 27.2. The van der Waals surface area contributed by atoms with Crippen LogP contribution in [-0.2, 0) is 36.0 Å². The van der Waals surface area contributed by atoms with Gasteiger partial charge in [-0.1, -0.05) is 97.4 Å². The second kappa shape index (κ2) is 16.3. The van der Waals surface area contributed by atoms with Crippen molar-refractivity contribution in [1.82, 2.24) is 14.3 Å². The highest BCUT2D eigenvalue weighted by Gasteiger charge is 2.29. The van der Waals surface area contributed by atoms with E-state index in [0.717, 1.165) is 61.6 Å². The van der Waals surface area contributed by atoms with Crippen LogP contribution in [0.2, 0.25) is 5.02 Å². The average Bonchev–Trinajstić information content (AvgIpc) is 3.50. The van der Waals surface area contributed by atoms with Gasteiger partial charge in [-0.2, -0.15) is 0 Å². The van der Waals surface area contributed by atoms with Crippen molar-refractivity contribution in [3.63, 3.8) is 0 Å². The molecule has 1 amide bonds. The van der Waals surface area contributed by atoms with E-state index in [9.17, 15) is 13.2 Å². The molecular weight excluding hydrogens is 762 g/mol. The number of sulfonamides is 1. The van der Waals surface area contributed by atoms with E-state index in [-0.39, 0.29) is 28.1 Å². The molecule has 11 heteroatoms. The van der Waals surface area contributed by atoms with Crippen molar-refractivity contribution < 1.29 is 22.7 Å². The highest BCUT2D eigenvalue weighted by Crippen LogP contribution is 2.47. The zero-order valence-electron chi connectivity index (χ0n) is 30.5. The molecule has 282 valence electrons. The molecule has 3 heterocycles. The van der Waals surface area contributed by atoms with Gasteiger partial charge in [-0.05, 0) is 72.1 Å². The minimum absolute atomic E-state index is 0.108. The SMILES string of the molecule is CC1Cc2c(OCc3ccc(-c4ccccc4)cn3)ccc3c2c(c(CCOc2ccccc2S(=O)(=O)NC(=O)c2ccccc2)n3Cc2ccc(Cl)cc2)S1. The summed E-state index contributed by atoms with van der Waals surface area (Å²) < 4.78 is 44.2. The molecule has 0 aliphatic carbocycles. The normalized spacial score (nSPS) is 13.7. The number of ether oxygens (including phenoxy) is 2. The molecule has 0 spiro atoms. The number of nitrogens with one attached hydrogen (secondary N) is 1. The number of nitrogens with zero attached hydrogens (tertiary/aromatic N) is 2. The standard InChI is InChI=1S/C45H38ClN3O5S2/c1-30-26-37-40(54-29-36-21-18-34(27-47-36)32-10-4-2-5-11-32)23-22-38-43(37)44(55-30)39(49(38)28-31-16-19-35(46)20-17-31)24-25-53-41-14-8-9-15-42(41)56(51,52)48-45(50)33-12-6-3-7-13-33/h2-23,27,30H,24-26,28-29H2,1H3,(H,48,50). The Morgan fingerprint density at radius 1 is 0.839 bits per heavy atom. The lowest BCUT2D eigenvalue weighted by molar-refractivity contribution is 0.0981. The quantitative estimate of drug-likeness (QED) is 0.124. The largest absolute Gasteiger partial charge is 0.492 e. The minimum atomic E-state index is -4.23. The summed E-state index contributed by atoms with van der Waals surface area (Å²) in [7, 11) is -4.23. The van der Waals surface area contributed by atoms with Gasteiger partial charge in [0.05, 0.1) is 17.8 Å². The van der Waals surface area contributed by atoms with E-state index in [2.05, 4.69) is 46.5 Å². The second-order valence-corrected chi connectivity index (χ2v) is 17.1. The monoisotopic (exact) mass is 799 g/mol. The lowest BCUT2D eigenvalue weighted by Crippen LogP contribution is -2.30. The maximum Gasteiger partial charge on any atom is 0.268 e. The predicted molar refractivity (Wildman–Crippen MR) is 222 cm³/mol. The molecule has 1 aliphatic rings. The summed E-state index contributed by atoms with van der Waals surface area (Å²) in [5.74, 6) is 0.286. The van der Waals surface area contributed by atoms with Crippen molar-refractivity contribution in [3.8, 4) is 22.6 Å². The van der Waals surface area contributed by atoms with Crippen LogP contribution in [0.5, 0.6) is 11.5 Å². The van der Waals surface area contributed by atoms with Gasteiger partial charge in [-0.15, -0.1) is 11.8 Å². The lowest BCUT2D eigenvalue weighted by Gasteiger charge is -2.22. The van der Waals surface area contributed by atoms with Crippen molar-refractivity contribution >= 4 is 50.2 Å². The van der Waals surface area contributed by atoms with E-state index < -0.39 is 15.9 Å². The maximum absolute atomic E-state index is 13.5. The highest BCUT2D eigenvalue weighted by molar-refractivity contribution is 8.00. The number of aromatic nitrogens is 2. The number of pyridine rings is 1. The summed E-state index contributed by atoms with van der Waals surface area (Å²) >= 11 is 8.10. The van der Waals surface area contributed by atoms with Gasteiger partial charge in [0.2, 0.25) is 0 Å². The van der Waals surface area contributed by atoms with Crippen LogP contribution < -0.4 is 14.2 Å². The summed E-state index contributed by atoms with van der Waals surface area (Å²) in [6.07, 6.45) is 3.22. The number of thioether (sulfide) groups is 1. The minimum Gasteiger partial charge on any atom is -0.492 e. The Bertz CT molecular complexity index is 2620. The van der Waals surface area contributed by atoms with Gasteiger partial charge in [-0.3, -0.25) is 9.78 Å². The summed E-state index contributed by atoms with van der Waals surface area (Å²) in [6, 6.07) is 40.9. The summed E-state index contributed by atoms with van der Waals surface area (Å²) in [6.45, 7) is 3.36. The molecule has 0 bridgehead atoms. The van der Waals surface area contributed by atoms with Gasteiger partial charge in [0.25, 0.3) is 15.9 Å². The zero-order valence-corrected chi connectivity index (χ0v) is 32.9. The number of hydrogen-bond acceptors (Lipinski definition) is 7. The fourth-order valence-corrected chi connectivity index (χ4v) is 9.63. The number of carbonyl (C=O) groups is 1. The third-order valence-corrected chi connectivity index (χ3v) is 12.6. The average molecular weight is 800 g/mol. The molecule has 8 nitrogen and oxygen atoms in total. The van der Waals surface area contributed by atoms with Crippen LogP contribution in [0, 0.1) is 0 Å². The Labute approximate surface area is 335 Å². The molecule has 8 rings (SSSR count). The first kappa shape index (κ1) is 37.4. The molecule has 0 radical (unpaired) electrons. The molecule has 1 N–H and O–H groups in total. The van der Waals surface area contributed by atoms with E-state index >= 15 is 0 Å². The maximum atomic E-state index is 13.5. The van der Waals surface area contributed by atoms with E-state index in [1.807, 2.05) is 66.5 Å². The first-order valence-corrected chi connectivity index (χ1v) is 21.0. The van der Waals surface area contributed by atoms with Gasteiger partial charge >= 0.3 is 0 Å². The second-order valence-electron chi connectivity index (χ2n) is 13.6. The van der Waals surface area contributed by atoms with E-state index in [1.54, 1.807) is 48.5 Å². The summed E-state index contributed by atoms with van der Waals surface area (Å²) in [4.78, 5) is 18.6. The highest BCUT2D eigenvalue weighted by atomic mass is 35.5. The molecule has 2 aromatic heterocycles. The Morgan fingerprint density at radius 3 is 2.32 bits per heavy atom. The van der Waals surface area contributed by atoms with Crippen molar-refractivity contribution in [2.45, 2.75) is 48.0 Å². The van der Waals surface area contributed by atoms with Gasteiger partial charge < -0.3 is 14.0 Å². The number of benzene rings is 5. The van der Waals surface area contributed by atoms with E-state index in [4.69, 9.17) is 26.1 Å². The molecule has 56 heavy (non-hydrogen) atoms. The van der Waals surface area contributed by atoms with Gasteiger partial charge in [-0.25, -0.2) is 13.1 Å². The molecular formula is C45H38ClN3O5S2. The number of halogens is 1. The Kier molecular flexibility index (Phi) is 10.9. The molecule has 5 aromatic carbocycles. The lowest BCUT2D eigenvalue weighted by atomic mass is 10.0. The number of rotatable bonds is 13. The van der Waals surface area contributed by atoms with Crippen LogP contribution in [0.3, 0.4) is 0 Å². The Balaban J connectivity index is 1.08. The smallest absolute Gasteiger partial charge is 0.268 e. The molecule has 0 saturated carbocycles. The van der Waals surface area contributed by atoms with Gasteiger partial charge in [0, 0.05) is 62.1 Å². The van der Waals surface area contributed by atoms with Crippen molar-refractivity contribution in [3.05, 3.63) is 173 Å². The molecule has 7 aromatic rings. The number of hydrogen-bond donors (Lipinski definition) is 1. The van der Waals surface area contributed by atoms with Crippen LogP contribution in [0.15, 0.2) is 149 Å². The van der Waals surface area contributed by atoms with Crippen molar-refractivity contribution in [2.24, 2.45) is 0 Å². The van der Waals surface area contributed by atoms with Crippen LogP contribution in [0.25, 0.3) is 22.0 Å². The predicted octanol–water partition coefficient (Wildman–Crippen LogP) is 9.76. The summed E-state index contributed by atoms with van der Waals surface area (Å²) in [5.41, 5.74) is 7.68. The van der Waals surface area contributed by atoms with Crippen LogP contribution in [0.4, 0.5) is 0 Å². The Morgan fingerprint density at radius 2 is 1.57 bits per heavy atom. The number of amides is 1. The van der Waals surface area contributed by atoms with E-state index in [1.165, 1.54) is 6.07 Å². The topological polar surface area (TPSA) is 99.5 Å². The Hall–Kier alpha value is -5.55. The fraction of sp³-hybridized carbons (Fsp3) is 0.156. The van der Waals surface area contributed by atoms with Crippen molar-refractivity contribution in [1.29, 1.82) is 0 Å². The zero-order chi connectivity index (χ0) is 38.6. The fourth-order valence-electron chi connectivity index (χ4n) is 7.04. The first-order valence-electron chi connectivity index (χ1n) is 18.3. The third kappa shape index (κ3) is 8.04. The van der Waals surface area contributed by atoms with Crippen LogP contribution >= 0.6 is 23.4 Å². The molecule has 0 saturated heterocycles. The molecule has 1 aliphatic heterocycles. The van der Waals surface area contributed by atoms with Crippen LogP contribution in [-0.4, -0.2) is 35.7 Å². The van der Waals surface area contributed by atoms with Gasteiger partial charge in [0.15, 0.2) is 0 Å². The van der Waals surface area contributed by atoms with Crippen LogP contribution in [0.1, 0.15) is 39.8 Å². The van der Waals surface area contributed by atoms with Gasteiger partial charge in [0.1, 0.15) is 23.0 Å². The molecule has 1 unspecified atom stereocenters. The summed E-state index contributed by atoms with van der Waals surface area (Å²) in [5, 5.41) is 2.11.